The van der Waals surface area contributed by atoms with Crippen molar-refractivity contribution in [3.8, 4) is 11.5 Å². The summed E-state index contributed by atoms with van der Waals surface area (Å²) in [6.07, 6.45) is 4.03. The lowest BCUT2D eigenvalue weighted by molar-refractivity contribution is 0.0955. The number of rotatable bonds is 9. The van der Waals surface area contributed by atoms with Crippen LogP contribution in [0.3, 0.4) is 0 Å². The third-order valence-electron chi connectivity index (χ3n) is 5.61. The first-order valence-electron chi connectivity index (χ1n) is 11.6. The van der Waals surface area contributed by atoms with E-state index < -0.39 is 0 Å². The Labute approximate surface area is 228 Å². The van der Waals surface area contributed by atoms with Crippen LogP contribution in [0.1, 0.15) is 41.3 Å². The van der Waals surface area contributed by atoms with Gasteiger partial charge < -0.3 is 14.4 Å². The van der Waals surface area contributed by atoms with Crippen LogP contribution in [0, 0.1) is 3.57 Å². The van der Waals surface area contributed by atoms with Crippen LogP contribution in [0.15, 0.2) is 70.2 Å². The van der Waals surface area contributed by atoms with Gasteiger partial charge in [0.15, 0.2) is 11.5 Å². The number of carbonyl (C=O) groups excluding carboxylic acids is 1. The van der Waals surface area contributed by atoms with Gasteiger partial charge in [0, 0.05) is 27.9 Å². The minimum Gasteiger partial charge on any atom is -0.490 e. The van der Waals surface area contributed by atoms with Gasteiger partial charge in [-0.1, -0.05) is 12.1 Å². The van der Waals surface area contributed by atoms with Gasteiger partial charge in [-0.05, 0) is 118 Å². The van der Waals surface area contributed by atoms with Crippen LogP contribution in [0.5, 0.6) is 11.5 Å². The van der Waals surface area contributed by atoms with Crippen molar-refractivity contribution in [3.63, 3.8) is 0 Å². The van der Waals surface area contributed by atoms with Gasteiger partial charge in [0.1, 0.15) is 6.61 Å². The molecular formula is C27H27BrIN3O3. The Bertz CT molecular complexity index is 1180. The second kappa shape index (κ2) is 12.4. The highest BCUT2D eigenvalue weighted by Gasteiger charge is 2.14. The standard InChI is InChI=1S/C27H27BrIN3O3/c1-2-34-25-16-20(15-24(28)26(25)35-18-19-5-9-22(29)10-6-19)17-30-31-27(33)21-7-11-23(12-8-21)32-13-3-4-14-32/h5-12,15-17H,2-4,13-14,18H2,1H3,(H,31,33)/b30-17-. The fourth-order valence-electron chi connectivity index (χ4n) is 3.83. The molecule has 1 saturated heterocycles. The highest BCUT2D eigenvalue weighted by Crippen LogP contribution is 2.37. The van der Waals surface area contributed by atoms with Crippen molar-refractivity contribution < 1.29 is 14.3 Å². The molecule has 0 saturated carbocycles. The van der Waals surface area contributed by atoms with E-state index in [1.54, 1.807) is 6.21 Å². The van der Waals surface area contributed by atoms with Crippen LogP contribution < -0.4 is 19.8 Å². The number of hydrogen-bond acceptors (Lipinski definition) is 5. The van der Waals surface area contributed by atoms with Crippen molar-refractivity contribution in [1.82, 2.24) is 5.43 Å². The number of amides is 1. The predicted octanol–water partition coefficient (Wildman–Crippen LogP) is 6.40. The molecule has 8 heteroatoms. The van der Waals surface area contributed by atoms with E-state index in [1.165, 1.54) is 16.4 Å². The van der Waals surface area contributed by atoms with E-state index in [2.05, 4.69) is 53.9 Å². The van der Waals surface area contributed by atoms with Crippen molar-refractivity contribution in [1.29, 1.82) is 0 Å². The quantitative estimate of drug-likeness (QED) is 0.166. The van der Waals surface area contributed by atoms with Gasteiger partial charge in [-0.3, -0.25) is 4.79 Å². The first kappa shape index (κ1) is 25.5. The SMILES string of the molecule is CCOc1cc(/C=N\NC(=O)c2ccc(N3CCCC3)cc2)cc(Br)c1OCc1ccc(I)cc1. The molecule has 0 unspecified atom stereocenters. The third-order valence-corrected chi connectivity index (χ3v) is 6.92. The lowest BCUT2D eigenvalue weighted by atomic mass is 10.2. The minimum atomic E-state index is -0.254. The molecule has 1 aliphatic rings. The molecule has 0 radical (unpaired) electrons. The molecule has 1 aliphatic heterocycles. The molecule has 0 aliphatic carbocycles. The summed E-state index contributed by atoms with van der Waals surface area (Å²) in [4.78, 5) is 14.8. The molecule has 35 heavy (non-hydrogen) atoms. The number of ether oxygens (including phenoxy) is 2. The van der Waals surface area contributed by atoms with Crippen LogP contribution in [-0.2, 0) is 6.61 Å². The molecule has 0 atom stereocenters. The number of anilines is 1. The fraction of sp³-hybridized carbons (Fsp3) is 0.259. The molecule has 1 N–H and O–H groups in total. The topological polar surface area (TPSA) is 63.2 Å². The Balaban J connectivity index is 1.40. The second-order valence-corrected chi connectivity index (χ2v) is 10.2. The molecule has 0 bridgehead atoms. The van der Waals surface area contributed by atoms with Crippen LogP contribution in [0.25, 0.3) is 0 Å². The van der Waals surface area contributed by atoms with E-state index in [1.807, 2.05) is 67.6 Å². The summed E-state index contributed by atoms with van der Waals surface area (Å²) in [5, 5.41) is 4.14. The lowest BCUT2D eigenvalue weighted by Gasteiger charge is -2.17. The normalized spacial score (nSPS) is 13.3. The molecule has 6 nitrogen and oxygen atoms in total. The highest BCUT2D eigenvalue weighted by atomic mass is 127. The average Bonchev–Trinajstić information content (AvgIpc) is 3.40. The molecule has 3 aromatic rings. The van der Waals surface area contributed by atoms with E-state index in [0.29, 0.717) is 30.3 Å². The maximum Gasteiger partial charge on any atom is 0.271 e. The smallest absolute Gasteiger partial charge is 0.271 e. The maximum atomic E-state index is 12.5. The molecule has 1 fully saturated rings. The van der Waals surface area contributed by atoms with Gasteiger partial charge in [0.2, 0.25) is 0 Å². The summed E-state index contributed by atoms with van der Waals surface area (Å²) in [6, 6.07) is 19.6. The molecule has 0 aromatic heterocycles. The molecule has 1 heterocycles. The van der Waals surface area contributed by atoms with Crippen molar-refractivity contribution in [3.05, 3.63) is 85.4 Å². The number of carbonyl (C=O) groups is 1. The Morgan fingerprint density at radius 2 is 1.80 bits per heavy atom. The summed E-state index contributed by atoms with van der Waals surface area (Å²) in [5.41, 5.74) is 6.17. The van der Waals surface area contributed by atoms with Gasteiger partial charge in [-0.25, -0.2) is 5.43 Å². The van der Waals surface area contributed by atoms with E-state index in [4.69, 9.17) is 9.47 Å². The second-order valence-electron chi connectivity index (χ2n) is 8.12. The van der Waals surface area contributed by atoms with Gasteiger partial charge in [0.25, 0.3) is 5.91 Å². The van der Waals surface area contributed by atoms with Gasteiger partial charge in [-0.15, -0.1) is 0 Å². The number of nitrogens with zero attached hydrogens (tertiary/aromatic N) is 2. The van der Waals surface area contributed by atoms with Crippen LogP contribution in [0.4, 0.5) is 5.69 Å². The summed E-state index contributed by atoms with van der Waals surface area (Å²) in [7, 11) is 0. The van der Waals surface area contributed by atoms with Gasteiger partial charge in [0.05, 0.1) is 17.3 Å². The molecule has 3 aromatic carbocycles. The molecule has 1 amide bonds. The summed E-state index contributed by atoms with van der Waals surface area (Å²) in [6.45, 7) is 4.99. The van der Waals surface area contributed by atoms with E-state index >= 15 is 0 Å². The maximum absolute atomic E-state index is 12.5. The fourth-order valence-corrected chi connectivity index (χ4v) is 4.76. The number of hydrazone groups is 1. The van der Waals surface area contributed by atoms with Crippen LogP contribution >= 0.6 is 38.5 Å². The molecular weight excluding hydrogens is 621 g/mol. The van der Waals surface area contributed by atoms with Crippen molar-refractivity contribution in [2.75, 3.05) is 24.6 Å². The van der Waals surface area contributed by atoms with Gasteiger partial charge in [-0.2, -0.15) is 5.10 Å². The lowest BCUT2D eigenvalue weighted by Crippen LogP contribution is -2.19. The monoisotopic (exact) mass is 647 g/mol. The molecule has 4 rings (SSSR count). The Morgan fingerprint density at radius 3 is 2.49 bits per heavy atom. The zero-order valence-electron chi connectivity index (χ0n) is 19.5. The number of benzene rings is 3. The molecule has 0 spiro atoms. The summed E-state index contributed by atoms with van der Waals surface area (Å²) >= 11 is 5.87. The Kier molecular flexibility index (Phi) is 9.03. The van der Waals surface area contributed by atoms with E-state index in [0.717, 1.165) is 34.4 Å². The van der Waals surface area contributed by atoms with Crippen LogP contribution in [0.2, 0.25) is 0 Å². The number of hydrogen-bond donors (Lipinski definition) is 1. The highest BCUT2D eigenvalue weighted by molar-refractivity contribution is 14.1. The minimum absolute atomic E-state index is 0.254. The first-order valence-corrected chi connectivity index (χ1v) is 13.4. The average molecular weight is 648 g/mol. The first-order chi connectivity index (χ1) is 17.0. The molecule has 182 valence electrons. The van der Waals surface area contributed by atoms with Crippen molar-refractivity contribution in [2.24, 2.45) is 5.10 Å². The third kappa shape index (κ3) is 6.98. The summed E-state index contributed by atoms with van der Waals surface area (Å²) < 4.78 is 13.8. The van der Waals surface area contributed by atoms with E-state index in [9.17, 15) is 4.79 Å². The van der Waals surface area contributed by atoms with E-state index in [-0.39, 0.29) is 5.91 Å². The van der Waals surface area contributed by atoms with Crippen molar-refractivity contribution >= 4 is 56.3 Å². The zero-order chi connectivity index (χ0) is 24.6. The zero-order valence-corrected chi connectivity index (χ0v) is 23.2. The number of halogens is 2. The predicted molar refractivity (Wildman–Crippen MR) is 152 cm³/mol. The summed E-state index contributed by atoms with van der Waals surface area (Å²) in [5.74, 6) is 0.984. The Morgan fingerprint density at radius 1 is 1.09 bits per heavy atom. The Hall–Kier alpha value is -2.59. The van der Waals surface area contributed by atoms with Gasteiger partial charge >= 0.3 is 0 Å². The van der Waals surface area contributed by atoms with Crippen LogP contribution in [-0.4, -0.2) is 31.8 Å². The number of nitrogens with one attached hydrogen (secondary N) is 1. The largest absolute Gasteiger partial charge is 0.490 e. The van der Waals surface area contributed by atoms with Crippen molar-refractivity contribution in [2.45, 2.75) is 26.4 Å².